The van der Waals surface area contributed by atoms with Gasteiger partial charge in [-0.05, 0) is 30.7 Å². The zero-order chi connectivity index (χ0) is 15.6. The summed E-state index contributed by atoms with van der Waals surface area (Å²) in [6.07, 6.45) is 7.94. The van der Waals surface area contributed by atoms with E-state index in [-0.39, 0.29) is 5.91 Å². The summed E-state index contributed by atoms with van der Waals surface area (Å²) in [5.41, 5.74) is 2.12. The van der Waals surface area contributed by atoms with Crippen LogP contribution < -0.4 is 10.6 Å². The molecule has 1 amide bonds. The zero-order valence-electron chi connectivity index (χ0n) is 13.1. The number of fused-ring (bicyclic) bond motifs is 2. The fraction of sp³-hybridized carbons (Fsp3) is 0.444. The van der Waals surface area contributed by atoms with E-state index in [2.05, 4.69) is 20.6 Å². The molecule has 0 spiro atoms. The number of rotatable bonds is 5. The van der Waals surface area contributed by atoms with Gasteiger partial charge in [-0.15, -0.1) is 0 Å². The Kier molecular flexibility index (Phi) is 3.87. The van der Waals surface area contributed by atoms with Gasteiger partial charge in [-0.1, -0.05) is 24.3 Å². The SMILES string of the molecule is O=C(C[C@H]1N[C@@H]2CC[C@H]1C2)NCc1ccccc1-c1ncc[nH]1. The standard InChI is InChI=1S/C18H22N4O/c23-17(10-16-12-5-6-14(9-12)22-16)21-11-13-3-1-2-4-15(13)18-19-7-8-20-18/h1-4,7-8,12,14,16,22H,5-6,9-11H2,(H,19,20)(H,21,23)/t12-,14+,16+/m0/s1. The van der Waals surface area contributed by atoms with Crippen LogP contribution in [0.1, 0.15) is 31.2 Å². The number of carbonyl (C=O) groups is 1. The third-order valence-corrected chi connectivity index (χ3v) is 5.14. The molecule has 1 aliphatic carbocycles. The van der Waals surface area contributed by atoms with Crippen molar-refractivity contribution < 1.29 is 4.79 Å². The fourth-order valence-electron chi connectivity index (χ4n) is 3.98. The first-order chi connectivity index (χ1) is 11.3. The van der Waals surface area contributed by atoms with Crippen LogP contribution in [0.4, 0.5) is 0 Å². The lowest BCUT2D eigenvalue weighted by Crippen LogP contribution is -2.39. The average molecular weight is 310 g/mol. The number of hydrogen-bond donors (Lipinski definition) is 3. The summed E-state index contributed by atoms with van der Waals surface area (Å²) in [5.74, 6) is 1.66. The molecule has 3 atom stereocenters. The van der Waals surface area contributed by atoms with E-state index >= 15 is 0 Å². The van der Waals surface area contributed by atoms with Crippen LogP contribution in [0.15, 0.2) is 36.7 Å². The number of H-pyrrole nitrogens is 1. The van der Waals surface area contributed by atoms with Gasteiger partial charge >= 0.3 is 0 Å². The summed E-state index contributed by atoms with van der Waals surface area (Å²) in [4.78, 5) is 19.7. The van der Waals surface area contributed by atoms with Gasteiger partial charge in [-0.25, -0.2) is 4.98 Å². The molecule has 2 fully saturated rings. The van der Waals surface area contributed by atoms with Crippen LogP contribution in [0.3, 0.4) is 0 Å². The minimum absolute atomic E-state index is 0.129. The number of nitrogens with one attached hydrogen (secondary N) is 3. The molecule has 5 nitrogen and oxygen atoms in total. The lowest BCUT2D eigenvalue weighted by molar-refractivity contribution is -0.121. The zero-order valence-corrected chi connectivity index (χ0v) is 13.1. The predicted molar refractivity (Wildman–Crippen MR) is 88.5 cm³/mol. The van der Waals surface area contributed by atoms with Crippen molar-refractivity contribution in [3.8, 4) is 11.4 Å². The van der Waals surface area contributed by atoms with E-state index in [4.69, 9.17) is 0 Å². The van der Waals surface area contributed by atoms with Gasteiger partial charge in [0.15, 0.2) is 0 Å². The van der Waals surface area contributed by atoms with E-state index in [9.17, 15) is 4.79 Å². The lowest BCUT2D eigenvalue weighted by atomic mass is 9.97. The second kappa shape index (κ2) is 6.16. The first-order valence-corrected chi connectivity index (χ1v) is 8.40. The van der Waals surface area contributed by atoms with Gasteiger partial charge in [0, 0.05) is 43.0 Å². The van der Waals surface area contributed by atoms with Crippen LogP contribution in [0.5, 0.6) is 0 Å². The highest BCUT2D eigenvalue weighted by atomic mass is 16.1. The molecular formula is C18H22N4O. The smallest absolute Gasteiger partial charge is 0.221 e. The van der Waals surface area contributed by atoms with Crippen LogP contribution in [0, 0.1) is 5.92 Å². The molecule has 120 valence electrons. The minimum atomic E-state index is 0.129. The van der Waals surface area contributed by atoms with Crippen molar-refractivity contribution in [2.45, 2.75) is 44.3 Å². The van der Waals surface area contributed by atoms with Crippen LogP contribution in [-0.4, -0.2) is 28.0 Å². The molecule has 2 bridgehead atoms. The van der Waals surface area contributed by atoms with Crippen molar-refractivity contribution in [3.05, 3.63) is 42.2 Å². The van der Waals surface area contributed by atoms with Crippen LogP contribution in [-0.2, 0) is 11.3 Å². The van der Waals surface area contributed by atoms with E-state index in [1.165, 1.54) is 19.3 Å². The maximum Gasteiger partial charge on any atom is 0.221 e. The highest BCUT2D eigenvalue weighted by Crippen LogP contribution is 2.36. The average Bonchev–Trinajstić information content (AvgIpc) is 3.31. The number of piperidine rings is 1. The van der Waals surface area contributed by atoms with Gasteiger partial charge in [0.05, 0.1) is 0 Å². The largest absolute Gasteiger partial charge is 0.352 e. The topological polar surface area (TPSA) is 69.8 Å². The van der Waals surface area contributed by atoms with Crippen LogP contribution in [0.25, 0.3) is 11.4 Å². The van der Waals surface area contributed by atoms with Gasteiger partial charge < -0.3 is 15.6 Å². The molecule has 1 saturated heterocycles. The molecule has 1 aliphatic heterocycles. The molecule has 0 unspecified atom stereocenters. The highest BCUT2D eigenvalue weighted by Gasteiger charge is 2.39. The van der Waals surface area contributed by atoms with Crippen LogP contribution in [0.2, 0.25) is 0 Å². The number of benzene rings is 1. The van der Waals surface area contributed by atoms with Gasteiger partial charge in [-0.2, -0.15) is 0 Å². The van der Waals surface area contributed by atoms with Crippen molar-refractivity contribution in [1.29, 1.82) is 0 Å². The van der Waals surface area contributed by atoms with Crippen molar-refractivity contribution in [2.75, 3.05) is 0 Å². The van der Waals surface area contributed by atoms with E-state index in [1.807, 2.05) is 30.5 Å². The fourth-order valence-corrected chi connectivity index (χ4v) is 3.98. The number of carbonyl (C=O) groups excluding carboxylic acids is 1. The molecular weight excluding hydrogens is 288 g/mol. The summed E-state index contributed by atoms with van der Waals surface area (Å²) < 4.78 is 0. The van der Waals surface area contributed by atoms with Gasteiger partial charge in [0.2, 0.25) is 5.91 Å². The molecule has 0 radical (unpaired) electrons. The van der Waals surface area contributed by atoms with Gasteiger partial charge in [0.1, 0.15) is 5.82 Å². The summed E-state index contributed by atoms with van der Waals surface area (Å²) in [7, 11) is 0. The van der Waals surface area contributed by atoms with Gasteiger partial charge in [0.25, 0.3) is 0 Å². The highest BCUT2D eigenvalue weighted by molar-refractivity contribution is 5.77. The molecule has 4 rings (SSSR count). The Labute approximate surface area is 135 Å². The monoisotopic (exact) mass is 310 g/mol. The van der Waals surface area contributed by atoms with Gasteiger partial charge in [-0.3, -0.25) is 4.79 Å². The maximum absolute atomic E-state index is 12.3. The third kappa shape index (κ3) is 3.01. The Bertz CT molecular complexity index is 682. The number of aromatic amines is 1. The molecule has 5 heteroatoms. The first-order valence-electron chi connectivity index (χ1n) is 8.40. The van der Waals surface area contributed by atoms with Crippen molar-refractivity contribution >= 4 is 5.91 Å². The number of nitrogens with zero attached hydrogens (tertiary/aromatic N) is 1. The van der Waals surface area contributed by atoms with E-state index in [0.717, 1.165) is 17.0 Å². The Balaban J connectivity index is 1.37. The summed E-state index contributed by atoms with van der Waals surface area (Å²) in [5, 5.41) is 6.64. The second-order valence-electron chi connectivity index (χ2n) is 6.62. The Morgan fingerprint density at radius 1 is 1.30 bits per heavy atom. The number of amides is 1. The molecule has 2 heterocycles. The molecule has 1 aromatic carbocycles. The van der Waals surface area contributed by atoms with E-state index in [0.29, 0.717) is 31.0 Å². The Morgan fingerprint density at radius 2 is 2.22 bits per heavy atom. The van der Waals surface area contributed by atoms with Crippen molar-refractivity contribution in [1.82, 2.24) is 20.6 Å². The predicted octanol–water partition coefficient (Wildman–Crippen LogP) is 2.22. The van der Waals surface area contributed by atoms with E-state index in [1.54, 1.807) is 6.20 Å². The molecule has 23 heavy (non-hydrogen) atoms. The third-order valence-electron chi connectivity index (χ3n) is 5.14. The lowest BCUT2D eigenvalue weighted by Gasteiger charge is -2.22. The quantitative estimate of drug-likeness (QED) is 0.793. The van der Waals surface area contributed by atoms with Crippen LogP contribution >= 0.6 is 0 Å². The molecule has 2 aliphatic rings. The maximum atomic E-state index is 12.3. The second-order valence-corrected chi connectivity index (χ2v) is 6.62. The molecule has 1 saturated carbocycles. The molecule has 2 aromatic rings. The Hall–Kier alpha value is -2.14. The number of hydrogen-bond acceptors (Lipinski definition) is 3. The minimum Gasteiger partial charge on any atom is -0.352 e. The number of aromatic nitrogens is 2. The summed E-state index contributed by atoms with van der Waals surface area (Å²) >= 11 is 0. The number of imidazole rings is 1. The Morgan fingerprint density at radius 3 is 2.96 bits per heavy atom. The first kappa shape index (κ1) is 14.5. The molecule has 1 aromatic heterocycles. The van der Waals surface area contributed by atoms with E-state index < -0.39 is 0 Å². The van der Waals surface area contributed by atoms with Crippen molar-refractivity contribution in [2.24, 2.45) is 5.92 Å². The molecule has 3 N–H and O–H groups in total. The summed E-state index contributed by atoms with van der Waals surface area (Å²) in [6.45, 7) is 0.538. The van der Waals surface area contributed by atoms with Crippen molar-refractivity contribution in [3.63, 3.8) is 0 Å². The summed E-state index contributed by atoms with van der Waals surface area (Å²) in [6, 6.07) is 9.06. The normalized spacial score (nSPS) is 25.7.